The smallest absolute Gasteiger partial charge is 0.335 e. The molecule has 0 bridgehead atoms. The number of carboxylic acid groups (broad SMARTS) is 1. The van der Waals surface area contributed by atoms with E-state index >= 15 is 0 Å². The lowest BCUT2D eigenvalue weighted by atomic mass is 10.0. The van der Waals surface area contributed by atoms with E-state index in [-0.39, 0.29) is 0 Å². The van der Waals surface area contributed by atoms with Crippen LogP contribution in [0.1, 0.15) is 35.7 Å². The molecule has 1 fully saturated rings. The zero-order valence-electron chi connectivity index (χ0n) is 12.1. The van der Waals surface area contributed by atoms with Crippen molar-refractivity contribution in [2.45, 2.75) is 26.3 Å². The van der Waals surface area contributed by atoms with Crippen molar-refractivity contribution in [1.29, 1.82) is 0 Å². The number of carboxylic acids is 1. The summed E-state index contributed by atoms with van der Waals surface area (Å²) in [7, 11) is 0. The van der Waals surface area contributed by atoms with Gasteiger partial charge in [-0.1, -0.05) is 19.1 Å². The van der Waals surface area contributed by atoms with Gasteiger partial charge in [-0.05, 0) is 43.0 Å². The van der Waals surface area contributed by atoms with E-state index in [4.69, 9.17) is 5.11 Å². The predicted molar refractivity (Wildman–Crippen MR) is 79.9 cm³/mol. The maximum absolute atomic E-state index is 10.8. The Morgan fingerprint density at radius 2 is 2.15 bits per heavy atom. The Morgan fingerprint density at radius 3 is 2.80 bits per heavy atom. The van der Waals surface area contributed by atoms with Crippen LogP contribution in [0.3, 0.4) is 0 Å². The van der Waals surface area contributed by atoms with Crippen LogP contribution in [0, 0.1) is 5.92 Å². The summed E-state index contributed by atoms with van der Waals surface area (Å²) in [6.07, 6.45) is 2.68. The Balaban J connectivity index is 1.66. The third kappa shape index (κ3) is 4.62. The molecule has 4 nitrogen and oxygen atoms in total. The summed E-state index contributed by atoms with van der Waals surface area (Å²) >= 11 is 0. The lowest BCUT2D eigenvalue weighted by Gasteiger charge is -2.30. The molecule has 20 heavy (non-hydrogen) atoms. The molecule has 0 saturated carbocycles. The highest BCUT2D eigenvalue weighted by atomic mass is 16.4. The molecule has 2 rings (SSSR count). The Labute approximate surface area is 120 Å². The van der Waals surface area contributed by atoms with E-state index in [0.717, 1.165) is 31.1 Å². The molecule has 1 aromatic carbocycles. The van der Waals surface area contributed by atoms with E-state index in [2.05, 4.69) is 17.1 Å². The zero-order chi connectivity index (χ0) is 14.4. The fourth-order valence-corrected chi connectivity index (χ4v) is 2.72. The number of piperidine rings is 1. The van der Waals surface area contributed by atoms with E-state index < -0.39 is 5.97 Å². The van der Waals surface area contributed by atoms with Crippen LogP contribution in [0.25, 0.3) is 0 Å². The Morgan fingerprint density at radius 1 is 1.40 bits per heavy atom. The van der Waals surface area contributed by atoms with Crippen LogP contribution < -0.4 is 5.32 Å². The maximum atomic E-state index is 10.8. The van der Waals surface area contributed by atoms with Crippen molar-refractivity contribution in [3.05, 3.63) is 35.4 Å². The van der Waals surface area contributed by atoms with Crippen LogP contribution in [-0.4, -0.2) is 42.2 Å². The van der Waals surface area contributed by atoms with Crippen molar-refractivity contribution < 1.29 is 9.90 Å². The third-order valence-electron chi connectivity index (χ3n) is 3.88. The molecule has 1 atom stereocenters. The van der Waals surface area contributed by atoms with Crippen LogP contribution in [0.15, 0.2) is 24.3 Å². The van der Waals surface area contributed by atoms with Gasteiger partial charge in [0.05, 0.1) is 5.56 Å². The molecular weight excluding hydrogens is 252 g/mol. The molecule has 4 heteroatoms. The number of aromatic carboxylic acids is 1. The number of hydrogen-bond donors (Lipinski definition) is 2. The van der Waals surface area contributed by atoms with E-state index in [1.807, 2.05) is 12.1 Å². The van der Waals surface area contributed by atoms with Gasteiger partial charge in [0.25, 0.3) is 0 Å². The molecule has 1 aromatic rings. The average molecular weight is 276 g/mol. The van der Waals surface area contributed by atoms with Gasteiger partial charge in [-0.25, -0.2) is 4.79 Å². The first-order chi connectivity index (χ1) is 9.65. The molecule has 1 saturated heterocycles. The summed E-state index contributed by atoms with van der Waals surface area (Å²) < 4.78 is 0. The van der Waals surface area contributed by atoms with Gasteiger partial charge in [-0.2, -0.15) is 0 Å². The highest BCUT2D eigenvalue weighted by Crippen LogP contribution is 2.14. The molecule has 0 amide bonds. The van der Waals surface area contributed by atoms with Crippen LogP contribution in [0.4, 0.5) is 0 Å². The van der Waals surface area contributed by atoms with E-state index in [1.165, 1.54) is 25.9 Å². The first kappa shape index (κ1) is 15.0. The van der Waals surface area contributed by atoms with Gasteiger partial charge in [0.2, 0.25) is 0 Å². The quantitative estimate of drug-likeness (QED) is 0.782. The number of nitrogens with zero attached hydrogens (tertiary/aromatic N) is 1. The Kier molecular flexibility index (Phi) is 5.56. The lowest BCUT2D eigenvalue weighted by molar-refractivity contribution is 0.0697. The molecule has 1 unspecified atom stereocenters. The van der Waals surface area contributed by atoms with Crippen LogP contribution in [0.5, 0.6) is 0 Å². The summed E-state index contributed by atoms with van der Waals surface area (Å²) in [6, 6.07) is 7.07. The summed E-state index contributed by atoms with van der Waals surface area (Å²) in [5.74, 6) is -0.0453. The SMILES string of the molecule is CC1CCCN(CCNCc2ccc(C(=O)O)cc2)C1. The van der Waals surface area contributed by atoms with E-state index in [1.54, 1.807) is 12.1 Å². The van der Waals surface area contributed by atoms with Crippen LogP contribution >= 0.6 is 0 Å². The van der Waals surface area contributed by atoms with Gasteiger partial charge in [0, 0.05) is 26.2 Å². The van der Waals surface area contributed by atoms with Gasteiger partial charge < -0.3 is 15.3 Å². The normalized spacial score (nSPS) is 19.9. The van der Waals surface area contributed by atoms with E-state index in [9.17, 15) is 4.79 Å². The molecule has 1 aliphatic rings. The highest BCUT2D eigenvalue weighted by Gasteiger charge is 2.15. The number of hydrogen-bond acceptors (Lipinski definition) is 3. The Bertz CT molecular complexity index is 431. The maximum Gasteiger partial charge on any atom is 0.335 e. The molecule has 0 aromatic heterocycles. The van der Waals surface area contributed by atoms with Crippen molar-refractivity contribution in [3.63, 3.8) is 0 Å². The standard InChI is InChI=1S/C16H24N2O2/c1-13-3-2-9-18(12-13)10-8-17-11-14-4-6-15(7-5-14)16(19)20/h4-7,13,17H,2-3,8-12H2,1H3,(H,19,20). The molecule has 0 spiro atoms. The number of rotatable bonds is 6. The van der Waals surface area contributed by atoms with Crippen molar-refractivity contribution >= 4 is 5.97 Å². The van der Waals surface area contributed by atoms with Gasteiger partial charge in [-0.15, -0.1) is 0 Å². The lowest BCUT2D eigenvalue weighted by Crippen LogP contribution is -2.38. The molecule has 110 valence electrons. The molecule has 0 radical (unpaired) electrons. The topological polar surface area (TPSA) is 52.6 Å². The minimum atomic E-state index is -0.872. The summed E-state index contributed by atoms with van der Waals surface area (Å²) in [5, 5.41) is 12.3. The summed E-state index contributed by atoms with van der Waals surface area (Å²) in [6.45, 7) is 7.63. The monoisotopic (exact) mass is 276 g/mol. The minimum absolute atomic E-state index is 0.344. The average Bonchev–Trinajstić information content (AvgIpc) is 2.44. The Hall–Kier alpha value is -1.39. The first-order valence-electron chi connectivity index (χ1n) is 7.40. The van der Waals surface area contributed by atoms with Crippen molar-refractivity contribution in [3.8, 4) is 0 Å². The van der Waals surface area contributed by atoms with Gasteiger partial charge in [0.1, 0.15) is 0 Å². The fraction of sp³-hybridized carbons (Fsp3) is 0.562. The number of benzene rings is 1. The van der Waals surface area contributed by atoms with Crippen LogP contribution in [0.2, 0.25) is 0 Å². The predicted octanol–water partition coefficient (Wildman–Crippen LogP) is 2.21. The van der Waals surface area contributed by atoms with Crippen LogP contribution in [-0.2, 0) is 6.54 Å². The molecule has 2 N–H and O–H groups in total. The number of likely N-dealkylation sites (tertiary alicyclic amines) is 1. The molecule has 0 aliphatic carbocycles. The van der Waals surface area contributed by atoms with Crippen molar-refractivity contribution in [2.75, 3.05) is 26.2 Å². The second-order valence-electron chi connectivity index (χ2n) is 5.73. The molecule has 1 aliphatic heterocycles. The third-order valence-corrected chi connectivity index (χ3v) is 3.88. The van der Waals surface area contributed by atoms with Gasteiger partial charge in [-0.3, -0.25) is 0 Å². The van der Waals surface area contributed by atoms with Gasteiger partial charge in [0.15, 0.2) is 0 Å². The molecule has 1 heterocycles. The molecular formula is C16H24N2O2. The minimum Gasteiger partial charge on any atom is -0.478 e. The zero-order valence-corrected chi connectivity index (χ0v) is 12.1. The van der Waals surface area contributed by atoms with E-state index in [0.29, 0.717) is 5.56 Å². The van der Waals surface area contributed by atoms with Crippen molar-refractivity contribution in [2.24, 2.45) is 5.92 Å². The summed E-state index contributed by atoms with van der Waals surface area (Å²) in [5.41, 5.74) is 1.47. The number of nitrogens with one attached hydrogen (secondary N) is 1. The van der Waals surface area contributed by atoms with Gasteiger partial charge >= 0.3 is 5.97 Å². The second-order valence-corrected chi connectivity index (χ2v) is 5.73. The van der Waals surface area contributed by atoms with Crippen molar-refractivity contribution in [1.82, 2.24) is 10.2 Å². The summed E-state index contributed by atoms with van der Waals surface area (Å²) in [4.78, 5) is 13.3. The first-order valence-corrected chi connectivity index (χ1v) is 7.40. The fourth-order valence-electron chi connectivity index (χ4n) is 2.72. The largest absolute Gasteiger partial charge is 0.478 e. The number of carbonyl (C=O) groups is 1. The second kappa shape index (κ2) is 7.41. The highest BCUT2D eigenvalue weighted by molar-refractivity contribution is 5.87.